The summed E-state index contributed by atoms with van der Waals surface area (Å²) in [4.78, 5) is 11.6. The van der Waals surface area contributed by atoms with Gasteiger partial charge in [-0.25, -0.2) is 0 Å². The Morgan fingerprint density at radius 1 is 1.11 bits per heavy atom. The fourth-order valence-corrected chi connectivity index (χ4v) is 5.59. The van der Waals surface area contributed by atoms with Gasteiger partial charge in [-0.2, -0.15) is 4.98 Å². The standard InChI is InChI=1S/C22H31N5O/c1-3-17(15-24-11-1)20-25-21(28-26-20)18-4-2-14-27(16-18)19-5-7-22(8-6-19)9-12-23-13-10-22/h1,3,11,15,18-19,23H,2,4-10,12-14,16H2. The highest BCUT2D eigenvalue weighted by atomic mass is 16.5. The maximum Gasteiger partial charge on any atom is 0.231 e. The highest BCUT2D eigenvalue weighted by molar-refractivity contribution is 5.51. The molecule has 3 aliphatic rings. The molecule has 2 saturated heterocycles. The van der Waals surface area contributed by atoms with Crippen LogP contribution in [0.5, 0.6) is 0 Å². The van der Waals surface area contributed by atoms with Crippen LogP contribution in [0.15, 0.2) is 29.0 Å². The van der Waals surface area contributed by atoms with Crippen molar-refractivity contribution in [2.24, 2.45) is 5.41 Å². The maximum atomic E-state index is 5.66. The number of hydrogen-bond donors (Lipinski definition) is 1. The molecular weight excluding hydrogens is 350 g/mol. The maximum absolute atomic E-state index is 5.66. The summed E-state index contributed by atoms with van der Waals surface area (Å²) in [5.74, 6) is 1.82. The number of pyridine rings is 1. The third-order valence-electron chi connectivity index (χ3n) is 7.36. The lowest BCUT2D eigenvalue weighted by Crippen LogP contribution is -2.47. The number of nitrogens with one attached hydrogen (secondary N) is 1. The lowest BCUT2D eigenvalue weighted by atomic mass is 9.67. The van der Waals surface area contributed by atoms with Crippen LogP contribution in [0.25, 0.3) is 11.4 Å². The third kappa shape index (κ3) is 3.72. The number of nitrogens with zero attached hydrogens (tertiary/aromatic N) is 4. The van der Waals surface area contributed by atoms with Gasteiger partial charge in [0.25, 0.3) is 0 Å². The Hall–Kier alpha value is -1.79. The number of hydrogen-bond acceptors (Lipinski definition) is 6. The molecular formula is C22H31N5O. The van der Waals surface area contributed by atoms with Crippen LogP contribution in [0.1, 0.15) is 63.2 Å². The second-order valence-corrected chi connectivity index (χ2v) is 9.01. The van der Waals surface area contributed by atoms with Gasteiger partial charge in [0.05, 0.1) is 5.92 Å². The molecule has 1 atom stereocenters. The summed E-state index contributed by atoms with van der Waals surface area (Å²) in [6.45, 7) is 4.72. The third-order valence-corrected chi connectivity index (χ3v) is 7.36. The van der Waals surface area contributed by atoms with E-state index < -0.39 is 0 Å². The molecule has 1 aliphatic carbocycles. The van der Waals surface area contributed by atoms with E-state index in [1.165, 1.54) is 64.6 Å². The predicted octanol–water partition coefficient (Wildman–Crippen LogP) is 3.62. The molecule has 2 aromatic heterocycles. The number of piperidine rings is 2. The molecule has 0 bridgehead atoms. The van der Waals surface area contributed by atoms with E-state index in [4.69, 9.17) is 9.51 Å². The molecule has 0 radical (unpaired) electrons. The minimum absolute atomic E-state index is 0.362. The summed E-state index contributed by atoms with van der Waals surface area (Å²) in [6.07, 6.45) is 14.2. The molecule has 2 aliphatic heterocycles. The van der Waals surface area contributed by atoms with E-state index in [2.05, 4.69) is 20.4 Å². The van der Waals surface area contributed by atoms with E-state index in [-0.39, 0.29) is 0 Å². The number of rotatable bonds is 3. The lowest BCUT2D eigenvalue weighted by Gasteiger charge is -2.47. The van der Waals surface area contributed by atoms with Crippen LogP contribution in [0.2, 0.25) is 0 Å². The summed E-state index contributed by atoms with van der Waals surface area (Å²) in [5, 5.41) is 7.74. The van der Waals surface area contributed by atoms with Crippen LogP contribution in [0.3, 0.4) is 0 Å². The fourth-order valence-electron chi connectivity index (χ4n) is 5.59. The first kappa shape index (κ1) is 18.3. The quantitative estimate of drug-likeness (QED) is 0.876. The topological polar surface area (TPSA) is 67.1 Å². The average Bonchev–Trinajstić information content (AvgIpc) is 3.26. The molecule has 1 saturated carbocycles. The van der Waals surface area contributed by atoms with Gasteiger partial charge in [-0.05, 0) is 88.5 Å². The molecule has 6 nitrogen and oxygen atoms in total. The normalized spacial score (nSPS) is 26.5. The van der Waals surface area contributed by atoms with Crippen molar-refractivity contribution in [3.05, 3.63) is 30.4 Å². The molecule has 0 aromatic carbocycles. The zero-order valence-electron chi connectivity index (χ0n) is 16.6. The summed E-state index contributed by atoms with van der Waals surface area (Å²) in [6, 6.07) is 4.63. The van der Waals surface area contributed by atoms with Gasteiger partial charge in [0.1, 0.15) is 0 Å². The van der Waals surface area contributed by atoms with Crippen LogP contribution < -0.4 is 5.32 Å². The minimum atomic E-state index is 0.362. The Morgan fingerprint density at radius 2 is 1.96 bits per heavy atom. The largest absolute Gasteiger partial charge is 0.339 e. The van der Waals surface area contributed by atoms with E-state index in [0.717, 1.165) is 30.5 Å². The van der Waals surface area contributed by atoms with Gasteiger partial charge >= 0.3 is 0 Å². The molecule has 5 rings (SSSR count). The van der Waals surface area contributed by atoms with Crippen LogP contribution in [-0.4, -0.2) is 52.2 Å². The van der Waals surface area contributed by atoms with Gasteiger partial charge in [0.15, 0.2) is 0 Å². The van der Waals surface area contributed by atoms with Crippen LogP contribution in [0, 0.1) is 5.41 Å². The van der Waals surface area contributed by atoms with Crippen molar-refractivity contribution >= 4 is 0 Å². The molecule has 2 aromatic rings. The molecule has 1 N–H and O–H groups in total. The molecule has 4 heterocycles. The van der Waals surface area contributed by atoms with Crippen molar-refractivity contribution in [3.8, 4) is 11.4 Å². The second-order valence-electron chi connectivity index (χ2n) is 9.01. The van der Waals surface area contributed by atoms with Gasteiger partial charge < -0.3 is 9.84 Å². The fraction of sp³-hybridized carbons (Fsp3) is 0.682. The Bertz CT molecular complexity index is 760. The van der Waals surface area contributed by atoms with E-state index in [1.807, 2.05) is 12.1 Å². The van der Waals surface area contributed by atoms with Crippen molar-refractivity contribution in [1.29, 1.82) is 0 Å². The highest BCUT2D eigenvalue weighted by Gasteiger charge is 2.39. The van der Waals surface area contributed by atoms with Gasteiger partial charge in [0.2, 0.25) is 11.7 Å². The van der Waals surface area contributed by atoms with E-state index in [1.54, 1.807) is 12.4 Å². The Balaban J connectivity index is 1.22. The molecule has 28 heavy (non-hydrogen) atoms. The molecule has 150 valence electrons. The highest BCUT2D eigenvalue weighted by Crippen LogP contribution is 2.45. The summed E-state index contributed by atoms with van der Waals surface area (Å²) < 4.78 is 5.66. The van der Waals surface area contributed by atoms with Crippen LogP contribution in [-0.2, 0) is 0 Å². The minimum Gasteiger partial charge on any atom is -0.339 e. The molecule has 0 amide bonds. The van der Waals surface area contributed by atoms with Crippen LogP contribution >= 0.6 is 0 Å². The first-order valence-electron chi connectivity index (χ1n) is 11.0. The second kappa shape index (κ2) is 7.91. The molecule has 6 heteroatoms. The first-order valence-corrected chi connectivity index (χ1v) is 11.0. The summed E-state index contributed by atoms with van der Waals surface area (Å²) >= 11 is 0. The van der Waals surface area contributed by atoms with Crippen molar-refractivity contribution in [3.63, 3.8) is 0 Å². The van der Waals surface area contributed by atoms with Crippen LogP contribution in [0.4, 0.5) is 0 Å². The zero-order chi connectivity index (χ0) is 18.8. The molecule has 1 spiro atoms. The zero-order valence-corrected chi connectivity index (χ0v) is 16.6. The van der Waals surface area contributed by atoms with Gasteiger partial charge in [-0.15, -0.1) is 0 Å². The van der Waals surface area contributed by atoms with E-state index >= 15 is 0 Å². The molecule has 3 fully saturated rings. The van der Waals surface area contributed by atoms with Crippen molar-refractivity contribution < 1.29 is 4.52 Å². The Kier molecular flexibility index (Phi) is 5.16. The Morgan fingerprint density at radius 3 is 2.75 bits per heavy atom. The lowest BCUT2D eigenvalue weighted by molar-refractivity contribution is 0.0489. The van der Waals surface area contributed by atoms with Crippen molar-refractivity contribution in [2.45, 2.75) is 63.3 Å². The summed E-state index contributed by atoms with van der Waals surface area (Å²) in [7, 11) is 0. The number of aromatic nitrogens is 3. The predicted molar refractivity (Wildman–Crippen MR) is 108 cm³/mol. The summed E-state index contributed by atoms with van der Waals surface area (Å²) in [5.41, 5.74) is 1.56. The SMILES string of the molecule is c1cncc(-c2noc(C3CCCN(C4CCC5(CCNCC5)CC4)C3)n2)c1. The van der Waals surface area contributed by atoms with Gasteiger partial charge in [-0.3, -0.25) is 9.88 Å². The van der Waals surface area contributed by atoms with Gasteiger partial charge in [-0.1, -0.05) is 5.16 Å². The Labute approximate surface area is 167 Å². The average molecular weight is 382 g/mol. The number of likely N-dealkylation sites (tertiary alicyclic amines) is 1. The first-order chi connectivity index (χ1) is 13.8. The smallest absolute Gasteiger partial charge is 0.231 e. The van der Waals surface area contributed by atoms with E-state index in [9.17, 15) is 0 Å². The monoisotopic (exact) mass is 381 g/mol. The molecule has 1 unspecified atom stereocenters. The van der Waals surface area contributed by atoms with Crippen molar-refractivity contribution in [1.82, 2.24) is 25.3 Å². The van der Waals surface area contributed by atoms with Gasteiger partial charge in [0, 0.05) is 30.5 Å². The van der Waals surface area contributed by atoms with Crippen molar-refractivity contribution in [2.75, 3.05) is 26.2 Å². The van der Waals surface area contributed by atoms with E-state index in [0.29, 0.717) is 17.2 Å².